The van der Waals surface area contributed by atoms with Crippen molar-refractivity contribution in [1.82, 2.24) is 8.61 Å². The largest absolute Gasteiger partial charge is 0.327 e. The molecule has 2 N–H and O–H groups in total. The van der Waals surface area contributed by atoms with Gasteiger partial charge in [0.15, 0.2) is 0 Å². The van der Waals surface area contributed by atoms with Crippen molar-refractivity contribution in [2.75, 3.05) is 26.2 Å². The minimum absolute atomic E-state index is 0.0101. The van der Waals surface area contributed by atoms with Crippen molar-refractivity contribution < 1.29 is 8.42 Å². The Balaban J connectivity index is 2.75. The Kier molecular flexibility index (Phi) is 4.51. The maximum absolute atomic E-state index is 12.1. The Bertz CT molecular complexity index is 288. The van der Waals surface area contributed by atoms with Gasteiger partial charge in [0.2, 0.25) is 0 Å². The van der Waals surface area contributed by atoms with E-state index in [1.54, 1.807) is 0 Å². The van der Waals surface area contributed by atoms with Gasteiger partial charge in [-0.2, -0.15) is 17.0 Å². The number of hydrogen-bond donors (Lipinski definition) is 1. The molecule has 1 saturated heterocycles. The van der Waals surface area contributed by atoms with Crippen LogP contribution in [0.1, 0.15) is 26.7 Å². The van der Waals surface area contributed by atoms with Gasteiger partial charge in [-0.25, -0.2) is 0 Å². The lowest BCUT2D eigenvalue weighted by atomic mass is 10.1. The molecule has 0 saturated carbocycles. The number of piperidine rings is 1. The Hall–Kier alpha value is -0.170. The quantitative estimate of drug-likeness (QED) is 0.745. The fourth-order valence-electron chi connectivity index (χ4n) is 1.90. The second-order valence-corrected chi connectivity index (χ2v) is 5.78. The molecule has 0 amide bonds. The second kappa shape index (κ2) is 5.25. The lowest BCUT2D eigenvalue weighted by molar-refractivity contribution is 0.288. The van der Waals surface area contributed by atoms with Gasteiger partial charge < -0.3 is 5.73 Å². The van der Waals surface area contributed by atoms with Crippen LogP contribution >= 0.6 is 0 Å². The summed E-state index contributed by atoms with van der Waals surface area (Å²) in [5, 5.41) is 0. The molecule has 0 radical (unpaired) electrons. The lowest BCUT2D eigenvalue weighted by Crippen LogP contribution is -2.51. The number of nitrogens with zero attached hydrogens (tertiary/aromatic N) is 2. The predicted octanol–water partition coefficient (Wildman–Crippen LogP) is -0.00390. The highest BCUT2D eigenvalue weighted by atomic mass is 32.2. The molecule has 0 spiro atoms. The zero-order chi connectivity index (χ0) is 11.5. The highest BCUT2D eigenvalue weighted by Crippen LogP contribution is 2.15. The van der Waals surface area contributed by atoms with E-state index >= 15 is 0 Å². The van der Waals surface area contributed by atoms with Gasteiger partial charge in [0.25, 0.3) is 10.2 Å². The molecule has 5 nitrogen and oxygen atoms in total. The smallest absolute Gasteiger partial charge is 0.282 e. The Labute approximate surface area is 92.4 Å². The van der Waals surface area contributed by atoms with Crippen molar-refractivity contribution in [3.05, 3.63) is 0 Å². The second-order valence-electron chi connectivity index (χ2n) is 3.85. The molecule has 0 aliphatic carbocycles. The van der Waals surface area contributed by atoms with Crippen LogP contribution in [0.2, 0.25) is 0 Å². The van der Waals surface area contributed by atoms with Crippen molar-refractivity contribution in [1.29, 1.82) is 0 Å². The number of rotatable bonds is 4. The van der Waals surface area contributed by atoms with E-state index in [0.717, 1.165) is 12.8 Å². The highest BCUT2D eigenvalue weighted by molar-refractivity contribution is 7.86. The summed E-state index contributed by atoms with van der Waals surface area (Å²) in [5.41, 5.74) is 5.78. The minimum atomic E-state index is -3.27. The lowest BCUT2D eigenvalue weighted by Gasteiger charge is -2.33. The minimum Gasteiger partial charge on any atom is -0.327 e. The first-order valence-corrected chi connectivity index (χ1v) is 6.92. The van der Waals surface area contributed by atoms with Crippen LogP contribution in [0.25, 0.3) is 0 Å². The SMILES string of the molecule is CCN(CC)S(=O)(=O)N1CCCC(N)C1. The van der Waals surface area contributed by atoms with Gasteiger partial charge in [-0.15, -0.1) is 0 Å². The first kappa shape index (κ1) is 12.9. The first-order valence-electron chi connectivity index (χ1n) is 5.53. The van der Waals surface area contributed by atoms with E-state index in [0.29, 0.717) is 26.2 Å². The maximum atomic E-state index is 12.1. The standard InChI is InChI=1S/C9H21N3O2S/c1-3-11(4-2)15(13,14)12-7-5-6-9(10)8-12/h9H,3-8,10H2,1-2H3. The molecule has 0 aromatic rings. The summed E-state index contributed by atoms with van der Waals surface area (Å²) < 4.78 is 27.2. The summed E-state index contributed by atoms with van der Waals surface area (Å²) in [6.45, 7) is 5.80. The van der Waals surface area contributed by atoms with Crippen LogP contribution in [-0.2, 0) is 10.2 Å². The van der Waals surface area contributed by atoms with Crippen LogP contribution < -0.4 is 5.73 Å². The van der Waals surface area contributed by atoms with E-state index in [-0.39, 0.29) is 6.04 Å². The molecule has 0 aromatic heterocycles. The zero-order valence-electron chi connectivity index (χ0n) is 9.52. The molecule has 90 valence electrons. The van der Waals surface area contributed by atoms with Gasteiger partial charge in [0.05, 0.1) is 0 Å². The molecule has 1 heterocycles. The Morgan fingerprint density at radius 2 is 2.00 bits per heavy atom. The summed E-state index contributed by atoms with van der Waals surface area (Å²) in [5.74, 6) is 0. The maximum Gasteiger partial charge on any atom is 0.282 e. The van der Waals surface area contributed by atoms with E-state index in [2.05, 4.69) is 0 Å². The predicted molar refractivity (Wildman–Crippen MR) is 60.6 cm³/mol. The van der Waals surface area contributed by atoms with Crippen LogP contribution in [0.15, 0.2) is 0 Å². The summed E-state index contributed by atoms with van der Waals surface area (Å²) in [6, 6.07) is -0.0101. The summed E-state index contributed by atoms with van der Waals surface area (Å²) in [6.07, 6.45) is 1.78. The Morgan fingerprint density at radius 3 is 2.47 bits per heavy atom. The first-order chi connectivity index (χ1) is 7.02. The topological polar surface area (TPSA) is 66.6 Å². The molecule has 1 unspecified atom stereocenters. The van der Waals surface area contributed by atoms with Crippen molar-refractivity contribution >= 4 is 10.2 Å². The molecule has 0 bridgehead atoms. The van der Waals surface area contributed by atoms with Crippen LogP contribution in [0.3, 0.4) is 0 Å². The third kappa shape index (κ3) is 2.90. The van der Waals surface area contributed by atoms with Gasteiger partial charge in [-0.3, -0.25) is 0 Å². The Morgan fingerprint density at radius 1 is 1.40 bits per heavy atom. The fraction of sp³-hybridized carbons (Fsp3) is 1.00. The monoisotopic (exact) mass is 235 g/mol. The third-order valence-corrected chi connectivity index (χ3v) is 4.93. The molecule has 1 fully saturated rings. The molecule has 6 heteroatoms. The van der Waals surface area contributed by atoms with Crippen molar-refractivity contribution in [3.8, 4) is 0 Å². The van der Waals surface area contributed by atoms with Gasteiger partial charge in [-0.05, 0) is 12.8 Å². The summed E-state index contributed by atoms with van der Waals surface area (Å²) in [7, 11) is -3.27. The van der Waals surface area contributed by atoms with Gasteiger partial charge in [0, 0.05) is 32.2 Å². The van der Waals surface area contributed by atoms with E-state index in [1.807, 2.05) is 13.8 Å². The van der Waals surface area contributed by atoms with E-state index in [9.17, 15) is 8.42 Å². The van der Waals surface area contributed by atoms with Crippen LogP contribution in [0.5, 0.6) is 0 Å². The van der Waals surface area contributed by atoms with Crippen molar-refractivity contribution in [2.24, 2.45) is 5.73 Å². The molecule has 1 aliphatic rings. The van der Waals surface area contributed by atoms with E-state index in [1.165, 1.54) is 8.61 Å². The highest BCUT2D eigenvalue weighted by Gasteiger charge is 2.30. The van der Waals surface area contributed by atoms with E-state index in [4.69, 9.17) is 5.73 Å². The summed E-state index contributed by atoms with van der Waals surface area (Å²) in [4.78, 5) is 0. The van der Waals surface area contributed by atoms with Gasteiger partial charge >= 0.3 is 0 Å². The fourth-order valence-corrected chi connectivity index (χ4v) is 3.62. The van der Waals surface area contributed by atoms with Crippen molar-refractivity contribution in [3.63, 3.8) is 0 Å². The third-order valence-electron chi connectivity index (χ3n) is 2.78. The molecular formula is C9H21N3O2S. The zero-order valence-corrected chi connectivity index (χ0v) is 10.3. The molecule has 1 rings (SSSR count). The van der Waals surface area contributed by atoms with Gasteiger partial charge in [-0.1, -0.05) is 13.8 Å². The summed E-state index contributed by atoms with van der Waals surface area (Å²) >= 11 is 0. The van der Waals surface area contributed by atoms with E-state index < -0.39 is 10.2 Å². The molecule has 1 atom stereocenters. The van der Waals surface area contributed by atoms with Gasteiger partial charge in [0.1, 0.15) is 0 Å². The normalized spacial score (nSPS) is 24.7. The molecular weight excluding hydrogens is 214 g/mol. The van der Waals surface area contributed by atoms with Crippen LogP contribution in [-0.4, -0.2) is 49.2 Å². The average Bonchev–Trinajstić information content (AvgIpc) is 2.19. The average molecular weight is 235 g/mol. The molecule has 1 aliphatic heterocycles. The van der Waals surface area contributed by atoms with Crippen LogP contribution in [0.4, 0.5) is 0 Å². The number of hydrogen-bond acceptors (Lipinski definition) is 3. The van der Waals surface area contributed by atoms with Crippen molar-refractivity contribution in [2.45, 2.75) is 32.7 Å². The number of nitrogens with two attached hydrogens (primary N) is 1. The molecule has 0 aromatic carbocycles. The molecule has 15 heavy (non-hydrogen) atoms. The van der Waals surface area contributed by atoms with Crippen LogP contribution in [0, 0.1) is 0 Å².